The molecule has 0 aliphatic carbocycles. The number of aliphatic hydroxyl groups excluding tert-OH is 1. The van der Waals surface area contributed by atoms with Gasteiger partial charge < -0.3 is 19.7 Å². The van der Waals surface area contributed by atoms with Crippen LogP contribution in [0.2, 0.25) is 0 Å². The number of phenols is 1. The van der Waals surface area contributed by atoms with Crippen LogP contribution < -0.4 is 9.64 Å². The zero-order chi connectivity index (χ0) is 28.3. The molecule has 0 aromatic heterocycles. The van der Waals surface area contributed by atoms with Crippen LogP contribution in [-0.2, 0) is 14.3 Å². The summed E-state index contributed by atoms with van der Waals surface area (Å²) in [5, 5.41) is 21.3. The first-order valence-corrected chi connectivity index (χ1v) is 12.7. The topological polar surface area (TPSA) is 113 Å². The van der Waals surface area contributed by atoms with Crippen molar-refractivity contribution in [3.8, 4) is 11.5 Å². The van der Waals surface area contributed by atoms with Gasteiger partial charge in [0.1, 0.15) is 17.3 Å². The molecule has 0 spiro atoms. The number of hydrogen-bond acceptors (Lipinski definition) is 7. The number of ether oxygens (including phenoxy) is 2. The molecule has 1 fully saturated rings. The van der Waals surface area contributed by atoms with Gasteiger partial charge in [-0.1, -0.05) is 32.9 Å². The molecule has 3 aromatic rings. The van der Waals surface area contributed by atoms with Gasteiger partial charge in [0, 0.05) is 11.3 Å². The third-order valence-electron chi connectivity index (χ3n) is 6.60. The van der Waals surface area contributed by atoms with Gasteiger partial charge in [-0.05, 0) is 78.1 Å². The number of methoxy groups -OCH3 is 1. The van der Waals surface area contributed by atoms with E-state index in [1.54, 1.807) is 49.6 Å². The smallest absolute Gasteiger partial charge is 0.338 e. The molecular weight excluding hydrogens is 498 g/mol. The number of ketones is 1. The fourth-order valence-electron chi connectivity index (χ4n) is 4.60. The fraction of sp³-hybridized carbons (Fsp3) is 0.258. The van der Waals surface area contributed by atoms with E-state index >= 15 is 0 Å². The molecule has 3 aromatic carbocycles. The summed E-state index contributed by atoms with van der Waals surface area (Å²) in [5.74, 6) is -1.74. The number of carbonyl (C=O) groups is 3. The molecule has 1 amide bonds. The first kappa shape index (κ1) is 27.4. The second-order valence-electron chi connectivity index (χ2n) is 9.55. The molecule has 0 bridgehead atoms. The van der Waals surface area contributed by atoms with Crippen LogP contribution >= 0.6 is 0 Å². The molecule has 202 valence electrons. The van der Waals surface area contributed by atoms with Crippen LogP contribution in [0.3, 0.4) is 0 Å². The van der Waals surface area contributed by atoms with Crippen molar-refractivity contribution in [1.29, 1.82) is 0 Å². The van der Waals surface area contributed by atoms with Crippen molar-refractivity contribution in [2.45, 2.75) is 39.2 Å². The third-order valence-corrected chi connectivity index (χ3v) is 6.60. The number of esters is 1. The average Bonchev–Trinajstić information content (AvgIpc) is 3.21. The van der Waals surface area contributed by atoms with E-state index in [1.807, 2.05) is 20.8 Å². The van der Waals surface area contributed by atoms with E-state index in [1.165, 1.54) is 29.2 Å². The molecule has 1 heterocycles. The largest absolute Gasteiger partial charge is 0.508 e. The SMILES string of the molecule is CCCOC(=O)c1ccc(N2C(=O)C(=O)/C(=C(\O)c3ccc(OC)c(C(C)C)c3)C2c2ccc(O)cc2)cc1. The fourth-order valence-corrected chi connectivity index (χ4v) is 4.60. The van der Waals surface area contributed by atoms with Gasteiger partial charge in [0.2, 0.25) is 0 Å². The molecule has 39 heavy (non-hydrogen) atoms. The van der Waals surface area contributed by atoms with E-state index in [0.29, 0.717) is 41.2 Å². The number of Topliss-reactive ketones (excluding diaryl/α,β-unsaturated/α-hetero) is 1. The Morgan fingerprint density at radius 3 is 2.21 bits per heavy atom. The van der Waals surface area contributed by atoms with E-state index in [0.717, 1.165) is 5.56 Å². The van der Waals surface area contributed by atoms with Crippen molar-refractivity contribution in [2.24, 2.45) is 0 Å². The van der Waals surface area contributed by atoms with Gasteiger partial charge in [-0.3, -0.25) is 14.5 Å². The Labute approximate surface area is 227 Å². The van der Waals surface area contributed by atoms with Crippen LogP contribution in [0.15, 0.2) is 72.3 Å². The normalized spacial score (nSPS) is 16.5. The highest BCUT2D eigenvalue weighted by atomic mass is 16.5. The summed E-state index contributed by atoms with van der Waals surface area (Å²) in [5.41, 5.74) is 2.30. The Morgan fingerprint density at radius 2 is 1.62 bits per heavy atom. The van der Waals surface area contributed by atoms with E-state index in [-0.39, 0.29) is 23.0 Å². The van der Waals surface area contributed by atoms with Crippen LogP contribution in [0.1, 0.15) is 66.2 Å². The Balaban J connectivity index is 1.85. The monoisotopic (exact) mass is 529 g/mol. The van der Waals surface area contributed by atoms with E-state index in [9.17, 15) is 24.6 Å². The summed E-state index contributed by atoms with van der Waals surface area (Å²) in [6.07, 6.45) is 0.688. The minimum atomic E-state index is -0.979. The number of nitrogens with zero attached hydrogens (tertiary/aromatic N) is 1. The summed E-state index contributed by atoms with van der Waals surface area (Å²) >= 11 is 0. The predicted octanol–water partition coefficient (Wildman–Crippen LogP) is 5.72. The number of phenolic OH excluding ortho intramolecular Hbond substituents is 1. The minimum Gasteiger partial charge on any atom is -0.508 e. The number of anilines is 1. The first-order chi connectivity index (χ1) is 18.7. The van der Waals surface area contributed by atoms with Crippen LogP contribution in [-0.4, -0.2) is 41.6 Å². The first-order valence-electron chi connectivity index (χ1n) is 12.7. The molecule has 8 nitrogen and oxygen atoms in total. The maximum absolute atomic E-state index is 13.4. The molecule has 1 aliphatic heterocycles. The highest BCUT2D eigenvalue weighted by Crippen LogP contribution is 2.43. The molecule has 0 radical (unpaired) electrons. The number of benzene rings is 3. The molecule has 1 unspecified atom stereocenters. The van der Waals surface area contributed by atoms with Crippen LogP contribution in [0.25, 0.3) is 5.76 Å². The molecule has 2 N–H and O–H groups in total. The van der Waals surface area contributed by atoms with Gasteiger partial charge in [-0.25, -0.2) is 4.79 Å². The molecule has 0 saturated carbocycles. The maximum Gasteiger partial charge on any atom is 0.338 e. The van der Waals surface area contributed by atoms with E-state index in [2.05, 4.69) is 0 Å². The standard InChI is InChI=1S/C31H31NO7/c1-5-16-39-31(37)20-6-11-22(12-7-20)32-27(19-8-13-23(33)14-9-19)26(29(35)30(32)36)28(34)21-10-15-25(38-4)24(17-21)18(2)3/h6-15,17-18,27,33-34H,5,16H2,1-4H3/b28-26-. The number of amides is 1. The molecule has 1 saturated heterocycles. The van der Waals surface area contributed by atoms with Gasteiger partial charge in [-0.15, -0.1) is 0 Å². The minimum absolute atomic E-state index is 0.0161. The van der Waals surface area contributed by atoms with Crippen LogP contribution in [0.5, 0.6) is 11.5 Å². The second-order valence-corrected chi connectivity index (χ2v) is 9.55. The zero-order valence-electron chi connectivity index (χ0n) is 22.3. The number of rotatable bonds is 8. The predicted molar refractivity (Wildman–Crippen MR) is 147 cm³/mol. The number of aliphatic hydroxyl groups is 1. The average molecular weight is 530 g/mol. The van der Waals surface area contributed by atoms with Crippen molar-refractivity contribution in [1.82, 2.24) is 0 Å². The highest BCUT2D eigenvalue weighted by molar-refractivity contribution is 6.51. The van der Waals surface area contributed by atoms with Crippen molar-refractivity contribution in [3.05, 3.63) is 94.6 Å². The molecule has 4 rings (SSSR count). The second kappa shape index (κ2) is 11.4. The highest BCUT2D eigenvalue weighted by Gasteiger charge is 2.47. The summed E-state index contributed by atoms with van der Waals surface area (Å²) in [4.78, 5) is 40.4. The quantitative estimate of drug-likeness (QED) is 0.166. The van der Waals surface area contributed by atoms with Crippen molar-refractivity contribution in [3.63, 3.8) is 0 Å². The molecular formula is C31H31NO7. The van der Waals surface area contributed by atoms with Gasteiger partial charge in [0.15, 0.2) is 0 Å². The lowest BCUT2D eigenvalue weighted by Crippen LogP contribution is -2.29. The van der Waals surface area contributed by atoms with Crippen LogP contribution in [0, 0.1) is 0 Å². The van der Waals surface area contributed by atoms with E-state index in [4.69, 9.17) is 9.47 Å². The van der Waals surface area contributed by atoms with Crippen molar-refractivity contribution >= 4 is 29.1 Å². The lowest BCUT2D eigenvalue weighted by atomic mass is 9.93. The molecule has 1 atom stereocenters. The Morgan fingerprint density at radius 1 is 0.974 bits per heavy atom. The summed E-state index contributed by atoms with van der Waals surface area (Å²) in [6.45, 7) is 6.16. The van der Waals surface area contributed by atoms with Gasteiger partial charge >= 0.3 is 5.97 Å². The van der Waals surface area contributed by atoms with Gasteiger partial charge in [0.05, 0.1) is 30.9 Å². The van der Waals surface area contributed by atoms with Crippen LogP contribution in [0.4, 0.5) is 5.69 Å². The number of aromatic hydroxyl groups is 1. The van der Waals surface area contributed by atoms with Gasteiger partial charge in [-0.2, -0.15) is 0 Å². The number of carbonyl (C=O) groups excluding carboxylic acids is 3. The lowest BCUT2D eigenvalue weighted by Gasteiger charge is -2.25. The van der Waals surface area contributed by atoms with Gasteiger partial charge in [0.25, 0.3) is 11.7 Å². The number of hydrogen-bond donors (Lipinski definition) is 2. The Kier molecular flexibility index (Phi) is 8.04. The Bertz CT molecular complexity index is 1420. The maximum atomic E-state index is 13.4. The molecule has 8 heteroatoms. The molecule has 1 aliphatic rings. The van der Waals surface area contributed by atoms with Crippen molar-refractivity contribution < 1.29 is 34.1 Å². The summed E-state index contributed by atoms with van der Waals surface area (Å²) in [7, 11) is 1.56. The zero-order valence-corrected chi connectivity index (χ0v) is 22.3. The summed E-state index contributed by atoms with van der Waals surface area (Å²) < 4.78 is 10.6. The Hall–Kier alpha value is -4.59. The lowest BCUT2D eigenvalue weighted by molar-refractivity contribution is -0.132. The summed E-state index contributed by atoms with van der Waals surface area (Å²) in [6, 6.07) is 16.4. The van der Waals surface area contributed by atoms with E-state index < -0.39 is 23.7 Å². The third kappa shape index (κ3) is 5.36. The van der Waals surface area contributed by atoms with Crippen molar-refractivity contribution in [2.75, 3.05) is 18.6 Å².